The van der Waals surface area contributed by atoms with Gasteiger partial charge in [-0.2, -0.15) is 0 Å². The Balaban J connectivity index is 1.68. The van der Waals surface area contributed by atoms with Crippen LogP contribution in [0.3, 0.4) is 0 Å². The predicted octanol–water partition coefficient (Wildman–Crippen LogP) is 1.21. The second-order valence-electron chi connectivity index (χ2n) is 4.62. The van der Waals surface area contributed by atoms with Crippen molar-refractivity contribution in [1.29, 1.82) is 0 Å². The van der Waals surface area contributed by atoms with Crippen molar-refractivity contribution < 1.29 is 14.7 Å². The normalized spacial score (nSPS) is 16.3. The van der Waals surface area contributed by atoms with Crippen molar-refractivity contribution >= 4 is 35.0 Å². The van der Waals surface area contributed by atoms with E-state index in [0.717, 1.165) is 44.5 Å². The van der Waals surface area contributed by atoms with Crippen LogP contribution in [-0.4, -0.2) is 64.5 Å². The molecular weight excluding hydrogens is 296 g/mol. The summed E-state index contributed by atoms with van der Waals surface area (Å²) in [6.07, 6.45) is 0. The summed E-state index contributed by atoms with van der Waals surface area (Å²) in [5, 5.41) is 10.6. The number of rotatable bonds is 6. The molecule has 110 valence electrons. The van der Waals surface area contributed by atoms with Crippen LogP contribution in [0.25, 0.3) is 0 Å². The molecule has 0 radical (unpaired) electrons. The van der Waals surface area contributed by atoms with E-state index in [1.807, 2.05) is 4.90 Å². The van der Waals surface area contributed by atoms with E-state index in [9.17, 15) is 9.59 Å². The highest BCUT2D eigenvalue weighted by atomic mass is 32.2. The predicted molar refractivity (Wildman–Crippen MR) is 81.1 cm³/mol. The fourth-order valence-electron chi connectivity index (χ4n) is 2.10. The number of hydrogen-bond acceptors (Lipinski definition) is 5. The smallest absolute Gasteiger partial charge is 0.313 e. The maximum atomic E-state index is 11.9. The molecule has 0 saturated carbocycles. The van der Waals surface area contributed by atoms with E-state index in [-0.39, 0.29) is 17.4 Å². The zero-order valence-corrected chi connectivity index (χ0v) is 12.8. The largest absolute Gasteiger partial charge is 0.481 e. The lowest BCUT2D eigenvalue weighted by Crippen LogP contribution is -2.48. The zero-order chi connectivity index (χ0) is 14.4. The molecule has 7 heteroatoms. The first-order valence-electron chi connectivity index (χ1n) is 6.47. The van der Waals surface area contributed by atoms with Crippen molar-refractivity contribution in [1.82, 2.24) is 9.80 Å². The number of thioether (sulfide) groups is 1. The van der Waals surface area contributed by atoms with Crippen molar-refractivity contribution in [2.45, 2.75) is 6.54 Å². The zero-order valence-electron chi connectivity index (χ0n) is 11.2. The first-order valence-corrected chi connectivity index (χ1v) is 8.50. The van der Waals surface area contributed by atoms with E-state index in [2.05, 4.69) is 22.4 Å². The van der Waals surface area contributed by atoms with Gasteiger partial charge < -0.3 is 10.0 Å². The van der Waals surface area contributed by atoms with Gasteiger partial charge in [-0.1, -0.05) is 6.07 Å². The summed E-state index contributed by atoms with van der Waals surface area (Å²) in [5.41, 5.74) is 0. The maximum Gasteiger partial charge on any atom is 0.313 e. The highest BCUT2D eigenvalue weighted by molar-refractivity contribution is 8.00. The molecule has 0 aliphatic carbocycles. The molecule has 1 aliphatic heterocycles. The van der Waals surface area contributed by atoms with Crippen LogP contribution in [0.15, 0.2) is 17.5 Å². The second kappa shape index (κ2) is 7.66. The lowest BCUT2D eigenvalue weighted by molar-refractivity contribution is -0.133. The molecule has 0 atom stereocenters. The number of amides is 1. The van der Waals surface area contributed by atoms with Gasteiger partial charge in [0.1, 0.15) is 0 Å². The average Bonchev–Trinajstić information content (AvgIpc) is 2.92. The number of carbonyl (C=O) groups excluding carboxylic acids is 1. The fraction of sp³-hybridized carbons (Fsp3) is 0.538. The van der Waals surface area contributed by atoms with Crippen LogP contribution >= 0.6 is 23.1 Å². The van der Waals surface area contributed by atoms with Crippen molar-refractivity contribution in [3.05, 3.63) is 22.4 Å². The van der Waals surface area contributed by atoms with Crippen LogP contribution in [0.1, 0.15) is 4.88 Å². The molecule has 1 amide bonds. The average molecular weight is 314 g/mol. The molecule has 1 saturated heterocycles. The minimum absolute atomic E-state index is 0.00984. The Hall–Kier alpha value is -1.05. The standard InChI is InChI=1S/C13H18N2O3S2/c16-12(9-19-10-13(17)18)15-5-3-14(4-6-15)8-11-2-1-7-20-11/h1-2,7H,3-6,8-10H2,(H,17,18). The molecular formula is C13H18N2O3S2. The van der Waals surface area contributed by atoms with Crippen molar-refractivity contribution in [2.24, 2.45) is 0 Å². The summed E-state index contributed by atoms with van der Waals surface area (Å²) >= 11 is 2.92. The van der Waals surface area contributed by atoms with Gasteiger partial charge in [-0.25, -0.2) is 0 Å². The van der Waals surface area contributed by atoms with Crippen LogP contribution in [-0.2, 0) is 16.1 Å². The Morgan fingerprint density at radius 3 is 2.60 bits per heavy atom. The van der Waals surface area contributed by atoms with Crippen LogP contribution in [0.2, 0.25) is 0 Å². The van der Waals surface area contributed by atoms with Crippen molar-refractivity contribution in [3.63, 3.8) is 0 Å². The number of carboxylic acids is 1. The monoisotopic (exact) mass is 314 g/mol. The maximum absolute atomic E-state index is 11.9. The van der Waals surface area contributed by atoms with Gasteiger partial charge >= 0.3 is 5.97 Å². The molecule has 1 N–H and O–H groups in total. The molecule has 0 bridgehead atoms. The summed E-state index contributed by atoms with van der Waals surface area (Å²) < 4.78 is 0. The Bertz CT molecular complexity index is 442. The minimum atomic E-state index is -0.872. The van der Waals surface area contributed by atoms with Crippen LogP contribution < -0.4 is 0 Å². The van der Waals surface area contributed by atoms with Gasteiger partial charge in [-0.3, -0.25) is 14.5 Å². The van der Waals surface area contributed by atoms with E-state index < -0.39 is 5.97 Å². The number of nitrogens with zero attached hydrogens (tertiary/aromatic N) is 2. The Morgan fingerprint density at radius 1 is 1.25 bits per heavy atom. The first kappa shape index (κ1) is 15.3. The lowest BCUT2D eigenvalue weighted by atomic mass is 10.3. The molecule has 2 rings (SSSR count). The van der Waals surface area contributed by atoms with Crippen LogP contribution in [0.5, 0.6) is 0 Å². The molecule has 1 aromatic rings. The SMILES string of the molecule is O=C(O)CSCC(=O)N1CCN(Cc2cccs2)CC1. The second-order valence-corrected chi connectivity index (χ2v) is 6.64. The summed E-state index contributed by atoms with van der Waals surface area (Å²) in [5.74, 6) is -0.572. The van der Waals surface area contributed by atoms with E-state index in [1.54, 1.807) is 11.3 Å². The molecule has 1 fully saturated rings. The highest BCUT2D eigenvalue weighted by Crippen LogP contribution is 2.14. The minimum Gasteiger partial charge on any atom is -0.481 e. The Kier molecular flexibility index (Phi) is 5.87. The third kappa shape index (κ3) is 4.81. The van der Waals surface area contributed by atoms with Gasteiger partial charge in [0.2, 0.25) is 5.91 Å². The van der Waals surface area contributed by atoms with Gasteiger partial charge in [0.05, 0.1) is 11.5 Å². The summed E-state index contributed by atoms with van der Waals surface area (Å²) in [6.45, 7) is 4.18. The van der Waals surface area contributed by atoms with Gasteiger partial charge in [-0.05, 0) is 11.4 Å². The number of aliphatic carboxylic acids is 1. The van der Waals surface area contributed by atoms with Crippen LogP contribution in [0, 0.1) is 0 Å². The molecule has 2 heterocycles. The van der Waals surface area contributed by atoms with Gasteiger partial charge in [0.25, 0.3) is 0 Å². The molecule has 1 aliphatic rings. The number of carboxylic acid groups (broad SMARTS) is 1. The molecule has 20 heavy (non-hydrogen) atoms. The Morgan fingerprint density at radius 2 is 2.00 bits per heavy atom. The molecule has 1 aromatic heterocycles. The van der Waals surface area contributed by atoms with Crippen molar-refractivity contribution in [3.8, 4) is 0 Å². The van der Waals surface area contributed by atoms with Gasteiger partial charge in [-0.15, -0.1) is 23.1 Å². The third-order valence-corrected chi connectivity index (χ3v) is 4.90. The topological polar surface area (TPSA) is 60.9 Å². The summed E-state index contributed by atoms with van der Waals surface area (Å²) in [4.78, 5) is 27.8. The summed E-state index contributed by atoms with van der Waals surface area (Å²) in [7, 11) is 0. The molecule has 0 unspecified atom stereocenters. The number of thiophene rings is 1. The van der Waals surface area contributed by atoms with Crippen molar-refractivity contribution in [2.75, 3.05) is 37.7 Å². The Labute approximate surface area is 126 Å². The van der Waals surface area contributed by atoms with E-state index >= 15 is 0 Å². The fourth-order valence-corrected chi connectivity index (χ4v) is 3.48. The number of hydrogen-bond donors (Lipinski definition) is 1. The quantitative estimate of drug-likeness (QED) is 0.855. The van der Waals surface area contributed by atoms with E-state index in [4.69, 9.17) is 5.11 Å². The number of piperazine rings is 1. The van der Waals surface area contributed by atoms with E-state index in [1.165, 1.54) is 4.88 Å². The lowest BCUT2D eigenvalue weighted by Gasteiger charge is -2.34. The van der Waals surface area contributed by atoms with Gasteiger partial charge in [0, 0.05) is 37.6 Å². The molecule has 0 spiro atoms. The summed E-state index contributed by atoms with van der Waals surface area (Å²) in [6, 6.07) is 4.18. The van der Waals surface area contributed by atoms with E-state index in [0.29, 0.717) is 0 Å². The molecule has 5 nitrogen and oxygen atoms in total. The van der Waals surface area contributed by atoms with Crippen LogP contribution in [0.4, 0.5) is 0 Å². The molecule has 0 aromatic carbocycles. The number of carbonyl (C=O) groups is 2. The highest BCUT2D eigenvalue weighted by Gasteiger charge is 2.21. The van der Waals surface area contributed by atoms with Gasteiger partial charge in [0.15, 0.2) is 0 Å². The third-order valence-electron chi connectivity index (χ3n) is 3.14. The first-order chi connectivity index (χ1) is 9.65.